The summed E-state index contributed by atoms with van der Waals surface area (Å²) in [4.78, 5) is 24.0. The third-order valence-electron chi connectivity index (χ3n) is 5.39. The highest BCUT2D eigenvalue weighted by Crippen LogP contribution is 2.36. The molecule has 1 amide bonds. The Morgan fingerprint density at radius 3 is 2.22 bits per heavy atom. The molecule has 0 fully saturated rings. The average molecular weight is 443 g/mol. The number of methoxy groups -OCH3 is 1. The molecule has 0 atom stereocenters. The van der Waals surface area contributed by atoms with Crippen LogP contribution in [0, 0.1) is 0 Å². The number of halogens is 3. The van der Waals surface area contributed by atoms with E-state index in [0.29, 0.717) is 47.5 Å². The number of aromatic nitrogens is 2. The first-order chi connectivity index (χ1) is 15.3. The van der Waals surface area contributed by atoms with E-state index >= 15 is 0 Å². The van der Waals surface area contributed by atoms with E-state index in [-0.39, 0.29) is 11.5 Å². The Morgan fingerprint density at radius 1 is 0.969 bits per heavy atom. The number of carbonyl (C=O) groups is 2. The summed E-state index contributed by atoms with van der Waals surface area (Å²) in [5.41, 5.74) is 1.66. The van der Waals surface area contributed by atoms with Crippen LogP contribution in [-0.4, -0.2) is 28.8 Å². The summed E-state index contributed by atoms with van der Waals surface area (Å²) < 4.78 is 46.2. The standard InChI is InChI=1S/C23H20F3N3O3/c1-32-22(31)15-6-10-16(11-7-15)27-21(30)14-8-12-17(13-9-14)29-19-5-3-2-4-18(19)20(28-29)23(24,25)26/h6-13H,2-5H2,1H3,(H,27,30). The zero-order valence-corrected chi connectivity index (χ0v) is 17.2. The number of ether oxygens (including phenoxy) is 1. The second-order valence-electron chi connectivity index (χ2n) is 7.46. The number of nitrogens with one attached hydrogen (secondary N) is 1. The van der Waals surface area contributed by atoms with Gasteiger partial charge < -0.3 is 10.1 Å². The van der Waals surface area contributed by atoms with Gasteiger partial charge in [0.05, 0.1) is 18.4 Å². The van der Waals surface area contributed by atoms with Crippen LogP contribution >= 0.6 is 0 Å². The Bertz CT molecular complexity index is 1150. The molecule has 1 aromatic heterocycles. The second kappa shape index (κ2) is 8.49. The molecule has 0 spiro atoms. The number of amides is 1. The van der Waals surface area contributed by atoms with Gasteiger partial charge in [0.25, 0.3) is 5.91 Å². The Morgan fingerprint density at radius 2 is 1.59 bits per heavy atom. The van der Waals surface area contributed by atoms with Gasteiger partial charge in [0.1, 0.15) is 0 Å². The first-order valence-electron chi connectivity index (χ1n) is 10.1. The van der Waals surface area contributed by atoms with Crippen LogP contribution in [-0.2, 0) is 23.8 Å². The van der Waals surface area contributed by atoms with Gasteiger partial charge in [-0.25, -0.2) is 9.48 Å². The van der Waals surface area contributed by atoms with E-state index in [0.717, 1.165) is 6.42 Å². The van der Waals surface area contributed by atoms with E-state index in [9.17, 15) is 22.8 Å². The number of rotatable bonds is 4. The number of nitrogens with zero attached hydrogens (tertiary/aromatic N) is 2. The molecule has 1 N–H and O–H groups in total. The Labute approximate surface area is 182 Å². The maximum absolute atomic E-state index is 13.4. The molecule has 1 aliphatic carbocycles. The normalized spacial score (nSPS) is 13.4. The molecule has 0 saturated heterocycles. The lowest BCUT2D eigenvalue weighted by molar-refractivity contribution is -0.142. The van der Waals surface area contributed by atoms with E-state index < -0.39 is 17.8 Å². The smallest absolute Gasteiger partial charge is 0.435 e. The molecule has 1 heterocycles. The zero-order valence-electron chi connectivity index (χ0n) is 17.2. The lowest BCUT2D eigenvalue weighted by Gasteiger charge is -2.15. The van der Waals surface area contributed by atoms with Gasteiger partial charge >= 0.3 is 12.1 Å². The van der Waals surface area contributed by atoms with Gasteiger partial charge in [0.2, 0.25) is 0 Å². The largest absolute Gasteiger partial charge is 0.465 e. The molecule has 166 valence electrons. The second-order valence-corrected chi connectivity index (χ2v) is 7.46. The van der Waals surface area contributed by atoms with Crippen molar-refractivity contribution in [1.82, 2.24) is 9.78 Å². The SMILES string of the molecule is COC(=O)c1ccc(NC(=O)c2ccc(-n3nc(C(F)(F)F)c4c3CCCC4)cc2)cc1. The molecule has 2 aromatic carbocycles. The van der Waals surface area contributed by atoms with Crippen LogP contribution < -0.4 is 5.32 Å². The predicted molar refractivity (Wildman–Crippen MR) is 111 cm³/mol. The number of hydrogen-bond acceptors (Lipinski definition) is 4. The van der Waals surface area contributed by atoms with E-state index in [1.807, 2.05) is 0 Å². The minimum Gasteiger partial charge on any atom is -0.465 e. The molecule has 4 rings (SSSR count). The van der Waals surface area contributed by atoms with Crippen molar-refractivity contribution in [3.63, 3.8) is 0 Å². The lowest BCUT2D eigenvalue weighted by atomic mass is 9.95. The third-order valence-corrected chi connectivity index (χ3v) is 5.39. The summed E-state index contributed by atoms with van der Waals surface area (Å²) in [6, 6.07) is 12.5. The Kier molecular flexibility index (Phi) is 5.73. The van der Waals surface area contributed by atoms with Gasteiger partial charge in [-0.15, -0.1) is 0 Å². The van der Waals surface area contributed by atoms with Crippen molar-refractivity contribution in [2.75, 3.05) is 12.4 Å². The first kappa shape index (κ1) is 21.6. The van der Waals surface area contributed by atoms with Crippen LogP contribution in [0.4, 0.5) is 18.9 Å². The van der Waals surface area contributed by atoms with Crippen LogP contribution in [0.1, 0.15) is 50.5 Å². The number of carbonyl (C=O) groups excluding carboxylic acids is 2. The van der Waals surface area contributed by atoms with Gasteiger partial charge in [-0.05, 0) is 74.2 Å². The van der Waals surface area contributed by atoms with Crippen molar-refractivity contribution < 1.29 is 27.5 Å². The average Bonchev–Trinajstić information content (AvgIpc) is 3.19. The van der Waals surface area contributed by atoms with Crippen molar-refractivity contribution in [1.29, 1.82) is 0 Å². The summed E-state index contributed by atoms with van der Waals surface area (Å²) in [7, 11) is 1.28. The van der Waals surface area contributed by atoms with Crippen molar-refractivity contribution >= 4 is 17.6 Å². The van der Waals surface area contributed by atoms with Crippen LogP contribution in [0.15, 0.2) is 48.5 Å². The minimum atomic E-state index is -4.50. The van der Waals surface area contributed by atoms with Crippen LogP contribution in [0.25, 0.3) is 5.69 Å². The summed E-state index contributed by atoms with van der Waals surface area (Å²) in [6.45, 7) is 0. The monoisotopic (exact) mass is 443 g/mol. The van der Waals surface area contributed by atoms with E-state index in [4.69, 9.17) is 0 Å². The zero-order chi connectivity index (χ0) is 22.9. The number of anilines is 1. The highest BCUT2D eigenvalue weighted by atomic mass is 19.4. The number of benzene rings is 2. The Balaban J connectivity index is 1.54. The van der Waals surface area contributed by atoms with Crippen molar-refractivity contribution in [2.45, 2.75) is 31.9 Å². The molecule has 0 aliphatic heterocycles. The highest BCUT2D eigenvalue weighted by Gasteiger charge is 2.39. The van der Waals surface area contributed by atoms with Gasteiger partial charge in [-0.1, -0.05) is 0 Å². The number of esters is 1. The summed E-state index contributed by atoms with van der Waals surface area (Å²) >= 11 is 0. The Hall–Kier alpha value is -3.62. The summed E-state index contributed by atoms with van der Waals surface area (Å²) in [5, 5.41) is 6.57. The molecule has 9 heteroatoms. The number of fused-ring (bicyclic) bond motifs is 1. The fraction of sp³-hybridized carbons (Fsp3) is 0.261. The molecular weight excluding hydrogens is 423 g/mol. The molecule has 0 saturated carbocycles. The van der Waals surface area contributed by atoms with E-state index in [2.05, 4.69) is 15.2 Å². The fourth-order valence-corrected chi connectivity index (χ4v) is 3.81. The van der Waals surface area contributed by atoms with Crippen molar-refractivity contribution in [3.8, 4) is 5.69 Å². The topological polar surface area (TPSA) is 73.2 Å². The highest BCUT2D eigenvalue weighted by molar-refractivity contribution is 6.04. The van der Waals surface area contributed by atoms with Gasteiger partial charge in [-0.3, -0.25) is 4.79 Å². The van der Waals surface area contributed by atoms with Crippen molar-refractivity contribution in [3.05, 3.63) is 76.6 Å². The van der Waals surface area contributed by atoms with Crippen LogP contribution in [0.3, 0.4) is 0 Å². The molecule has 32 heavy (non-hydrogen) atoms. The summed E-state index contributed by atoms with van der Waals surface area (Å²) in [6.07, 6.45) is -2.09. The lowest BCUT2D eigenvalue weighted by Crippen LogP contribution is -2.12. The fourth-order valence-electron chi connectivity index (χ4n) is 3.81. The van der Waals surface area contributed by atoms with E-state index in [1.54, 1.807) is 24.3 Å². The molecule has 0 unspecified atom stereocenters. The van der Waals surface area contributed by atoms with E-state index in [1.165, 1.54) is 36.1 Å². The van der Waals surface area contributed by atoms with Gasteiger partial charge in [-0.2, -0.15) is 18.3 Å². The maximum Gasteiger partial charge on any atom is 0.435 e. The molecule has 0 bridgehead atoms. The van der Waals surface area contributed by atoms with Crippen LogP contribution in [0.5, 0.6) is 0 Å². The predicted octanol–water partition coefficient (Wildman–Crippen LogP) is 4.81. The minimum absolute atomic E-state index is 0.265. The molecule has 1 aliphatic rings. The molecule has 6 nitrogen and oxygen atoms in total. The van der Waals surface area contributed by atoms with Crippen LogP contribution in [0.2, 0.25) is 0 Å². The molecular formula is C23H20F3N3O3. The molecule has 0 radical (unpaired) electrons. The quantitative estimate of drug-likeness (QED) is 0.588. The third kappa shape index (κ3) is 4.23. The summed E-state index contributed by atoms with van der Waals surface area (Å²) in [5.74, 6) is -0.867. The van der Waals surface area contributed by atoms with Gasteiger partial charge in [0, 0.05) is 22.5 Å². The first-order valence-corrected chi connectivity index (χ1v) is 10.1. The van der Waals surface area contributed by atoms with Crippen molar-refractivity contribution in [2.24, 2.45) is 0 Å². The number of alkyl halides is 3. The maximum atomic E-state index is 13.4. The number of hydrogen-bond donors (Lipinski definition) is 1. The van der Waals surface area contributed by atoms with Gasteiger partial charge in [0.15, 0.2) is 5.69 Å². The molecule has 3 aromatic rings.